The third kappa shape index (κ3) is 10.2. The molecule has 2 aromatic carbocycles. The van der Waals surface area contributed by atoms with Gasteiger partial charge in [0, 0.05) is 11.6 Å². The van der Waals surface area contributed by atoms with Gasteiger partial charge in [-0.05, 0) is 24.5 Å². The van der Waals surface area contributed by atoms with Crippen LogP contribution in [0.25, 0.3) is 0 Å². The van der Waals surface area contributed by atoms with E-state index in [-0.39, 0.29) is 24.4 Å². The van der Waals surface area contributed by atoms with Crippen LogP contribution >= 0.6 is 8.58 Å². The van der Waals surface area contributed by atoms with Gasteiger partial charge in [-0.2, -0.15) is 5.30 Å². The van der Waals surface area contributed by atoms with Crippen molar-refractivity contribution in [1.82, 2.24) is 0 Å². The van der Waals surface area contributed by atoms with Crippen LogP contribution in [0.2, 0.25) is 0 Å². The van der Waals surface area contributed by atoms with Gasteiger partial charge < -0.3 is 22.8 Å². The molecule has 3 nitrogen and oxygen atoms in total. The average molecular weight is 420 g/mol. The standard InChI is InChI=1S/C25H34O3P.Li/c1-3-5-7-12-18-27-22-16-17-24(23(20-22)28-19-13-8-6-4-2)29-25(26)21-14-10-9-11-15-21;/h9-11,14-17,20H,3-8,12-13,18-19H2,1-2H3;/q-1;+1. The van der Waals surface area contributed by atoms with Gasteiger partial charge in [0.05, 0.1) is 19.0 Å². The largest absolute Gasteiger partial charge is 1.00 e. The van der Waals surface area contributed by atoms with Crippen molar-refractivity contribution in [2.24, 2.45) is 0 Å². The van der Waals surface area contributed by atoms with E-state index in [1.807, 2.05) is 48.5 Å². The number of rotatable bonds is 15. The number of unbranched alkanes of at least 4 members (excludes halogenated alkanes) is 6. The molecule has 5 heteroatoms. The third-order valence-corrected chi connectivity index (χ3v) is 5.77. The molecule has 0 N–H and O–H groups in total. The Labute approximate surface area is 196 Å². The van der Waals surface area contributed by atoms with Gasteiger partial charge in [-0.15, -0.1) is 0 Å². The molecule has 0 aliphatic heterocycles. The Hall–Kier alpha value is -1.26. The van der Waals surface area contributed by atoms with Crippen molar-refractivity contribution in [1.29, 1.82) is 0 Å². The second kappa shape index (κ2) is 16.4. The molecule has 0 radical (unpaired) electrons. The van der Waals surface area contributed by atoms with Crippen molar-refractivity contribution < 1.29 is 33.1 Å². The van der Waals surface area contributed by atoms with Crippen LogP contribution in [0.4, 0.5) is 0 Å². The van der Waals surface area contributed by atoms with Gasteiger partial charge in [0.2, 0.25) is 0 Å². The Balaban J connectivity index is 0.00000450. The second-order valence-corrected chi connectivity index (χ2v) is 8.34. The second-order valence-electron chi connectivity index (χ2n) is 7.23. The van der Waals surface area contributed by atoms with E-state index in [1.165, 1.54) is 38.5 Å². The molecule has 0 saturated heterocycles. The van der Waals surface area contributed by atoms with E-state index < -0.39 is 0 Å². The minimum Gasteiger partial charge on any atom is -0.496 e. The topological polar surface area (TPSA) is 35.5 Å². The number of carbonyl (C=O) groups is 1. The maximum atomic E-state index is 12.6. The van der Waals surface area contributed by atoms with Gasteiger partial charge in [0.25, 0.3) is 0 Å². The average Bonchev–Trinajstić information content (AvgIpc) is 2.75. The molecular formula is C25H34LiO3P. The van der Waals surface area contributed by atoms with Crippen LogP contribution in [0.15, 0.2) is 48.5 Å². The van der Waals surface area contributed by atoms with E-state index in [9.17, 15) is 4.79 Å². The zero-order valence-corrected chi connectivity index (χ0v) is 19.8. The first-order valence-electron chi connectivity index (χ1n) is 10.9. The Morgan fingerprint density at radius 2 is 1.43 bits per heavy atom. The Bertz CT molecular complexity index is 722. The normalized spacial score (nSPS) is 10.7. The maximum Gasteiger partial charge on any atom is 1.00 e. The van der Waals surface area contributed by atoms with E-state index >= 15 is 0 Å². The SMILES string of the molecule is CCCCCCOc1ccc([P-]C(=O)c2ccccc2)c(OCCCCCC)c1.[Li+]. The summed E-state index contributed by atoms with van der Waals surface area (Å²) in [7, 11) is 0.631. The number of ether oxygens (including phenoxy) is 2. The van der Waals surface area contributed by atoms with Gasteiger partial charge in [0.1, 0.15) is 5.75 Å². The quantitative estimate of drug-likeness (QED) is 0.248. The molecule has 30 heavy (non-hydrogen) atoms. The van der Waals surface area contributed by atoms with Crippen molar-refractivity contribution in [3.8, 4) is 11.5 Å². The summed E-state index contributed by atoms with van der Waals surface area (Å²) >= 11 is 0. The fraction of sp³-hybridized carbons (Fsp3) is 0.480. The van der Waals surface area contributed by atoms with Crippen LogP contribution in [0.5, 0.6) is 11.5 Å². The molecule has 0 unspecified atom stereocenters. The predicted octanol–water partition coefficient (Wildman–Crippen LogP) is 4.02. The van der Waals surface area contributed by atoms with Crippen molar-refractivity contribution in [2.45, 2.75) is 65.2 Å². The number of benzene rings is 2. The summed E-state index contributed by atoms with van der Waals surface area (Å²) < 4.78 is 12.0. The first-order chi connectivity index (χ1) is 14.2. The van der Waals surface area contributed by atoms with Crippen LogP contribution in [0, 0.1) is 0 Å². The molecule has 0 aliphatic carbocycles. The molecule has 0 amide bonds. The summed E-state index contributed by atoms with van der Waals surface area (Å²) in [4.78, 5) is 12.6. The van der Waals surface area contributed by atoms with Crippen LogP contribution < -0.4 is 33.6 Å². The van der Waals surface area contributed by atoms with Crippen LogP contribution in [0.3, 0.4) is 0 Å². The Morgan fingerprint density at radius 3 is 2.07 bits per heavy atom. The molecule has 158 valence electrons. The molecule has 0 spiro atoms. The van der Waals surface area contributed by atoms with Crippen LogP contribution in [-0.4, -0.2) is 18.7 Å². The summed E-state index contributed by atoms with van der Waals surface area (Å²) in [6.45, 7) is 5.80. The maximum absolute atomic E-state index is 12.6. The predicted molar refractivity (Wildman–Crippen MR) is 123 cm³/mol. The van der Waals surface area contributed by atoms with Gasteiger partial charge in [-0.25, -0.2) is 0 Å². The summed E-state index contributed by atoms with van der Waals surface area (Å²) in [6.07, 6.45) is 9.35. The molecule has 0 aliphatic rings. The van der Waals surface area contributed by atoms with Crippen LogP contribution in [0.1, 0.15) is 75.6 Å². The number of hydrogen-bond acceptors (Lipinski definition) is 3. The molecule has 0 saturated carbocycles. The fourth-order valence-electron chi connectivity index (χ4n) is 2.98. The molecule has 2 aromatic rings. The van der Waals surface area contributed by atoms with Gasteiger partial charge in [0.15, 0.2) is 0 Å². The third-order valence-electron chi connectivity index (χ3n) is 4.70. The van der Waals surface area contributed by atoms with E-state index in [0.717, 1.165) is 41.8 Å². The van der Waals surface area contributed by atoms with Crippen molar-refractivity contribution >= 4 is 19.4 Å². The summed E-state index contributed by atoms with van der Waals surface area (Å²) in [6, 6.07) is 15.3. The van der Waals surface area contributed by atoms with E-state index in [4.69, 9.17) is 9.47 Å². The Kier molecular flexibility index (Phi) is 14.7. The molecule has 2 rings (SSSR count). The van der Waals surface area contributed by atoms with Gasteiger partial charge >= 0.3 is 18.9 Å². The summed E-state index contributed by atoms with van der Waals surface area (Å²) in [5.41, 5.74) is 0.800. The van der Waals surface area contributed by atoms with Crippen molar-refractivity contribution in [2.75, 3.05) is 13.2 Å². The zero-order chi connectivity index (χ0) is 20.7. The van der Waals surface area contributed by atoms with E-state index in [1.54, 1.807) is 0 Å². The monoisotopic (exact) mass is 420 g/mol. The fourth-order valence-corrected chi connectivity index (χ4v) is 3.86. The first kappa shape index (κ1) is 26.8. The summed E-state index contributed by atoms with van der Waals surface area (Å²) in [5, 5.41) is 0.896. The molecule has 0 bridgehead atoms. The minimum atomic E-state index is 0. The molecule has 0 fully saturated rings. The molecule has 0 aromatic heterocycles. The summed E-state index contributed by atoms with van der Waals surface area (Å²) in [5.74, 6) is 1.58. The van der Waals surface area contributed by atoms with E-state index in [2.05, 4.69) is 13.8 Å². The number of carbonyl (C=O) groups excluding carboxylic acids is 1. The van der Waals surface area contributed by atoms with E-state index in [0.29, 0.717) is 15.2 Å². The minimum absolute atomic E-state index is 0. The van der Waals surface area contributed by atoms with Crippen LogP contribution in [-0.2, 0) is 0 Å². The molecule has 0 atom stereocenters. The van der Waals surface area contributed by atoms with Crippen molar-refractivity contribution in [3.63, 3.8) is 0 Å². The number of hydrogen-bond donors (Lipinski definition) is 0. The first-order valence-corrected chi connectivity index (χ1v) is 11.8. The molecule has 0 heterocycles. The van der Waals surface area contributed by atoms with Gasteiger partial charge in [-0.3, -0.25) is 0 Å². The van der Waals surface area contributed by atoms with Crippen molar-refractivity contribution in [3.05, 3.63) is 54.1 Å². The zero-order valence-electron chi connectivity index (χ0n) is 18.9. The Morgan fingerprint density at radius 1 is 0.800 bits per heavy atom. The smallest absolute Gasteiger partial charge is 0.496 e. The molecular weight excluding hydrogens is 386 g/mol. The van der Waals surface area contributed by atoms with Gasteiger partial charge in [-0.1, -0.05) is 88.8 Å².